The van der Waals surface area contributed by atoms with Gasteiger partial charge in [-0.1, -0.05) is 40.2 Å². The van der Waals surface area contributed by atoms with Crippen molar-refractivity contribution < 1.29 is 0 Å². The molecule has 0 aromatic heterocycles. The van der Waals surface area contributed by atoms with Crippen LogP contribution < -0.4 is 10.6 Å². The molecule has 2 N–H and O–H groups in total. The summed E-state index contributed by atoms with van der Waals surface area (Å²) in [7, 11) is 0. The van der Waals surface area contributed by atoms with Crippen LogP contribution in [-0.4, -0.2) is 0 Å². The number of hydrogen-bond donors (Lipinski definition) is 1. The van der Waals surface area contributed by atoms with Gasteiger partial charge in [0.25, 0.3) is 0 Å². The van der Waals surface area contributed by atoms with Crippen molar-refractivity contribution in [1.82, 2.24) is 0 Å². The molecule has 0 aliphatic carbocycles. The fourth-order valence-corrected chi connectivity index (χ4v) is 2.64. The van der Waals surface area contributed by atoms with Crippen LogP contribution in [0.2, 0.25) is 0 Å². The number of nitrogens with two attached hydrogens (primary N) is 1. The Labute approximate surface area is 109 Å². The highest BCUT2D eigenvalue weighted by molar-refractivity contribution is 9.10. The van der Waals surface area contributed by atoms with Crippen LogP contribution in [0.15, 0.2) is 46.9 Å². The number of hydrogen-bond acceptors (Lipinski definition) is 2. The van der Waals surface area contributed by atoms with Crippen molar-refractivity contribution in [3.8, 4) is 0 Å². The number of anilines is 2. The Kier molecular flexibility index (Phi) is 2.56. The van der Waals surface area contributed by atoms with Crippen molar-refractivity contribution in [1.29, 1.82) is 0 Å². The van der Waals surface area contributed by atoms with Crippen LogP contribution in [0, 0.1) is 0 Å². The first kappa shape index (κ1) is 10.7. The topological polar surface area (TPSA) is 29.3 Å². The average Bonchev–Trinajstić information content (AvgIpc) is 2.75. The number of benzene rings is 2. The van der Waals surface area contributed by atoms with Crippen molar-refractivity contribution in [3.05, 3.63) is 58.1 Å². The molecular weight excluding hydrogens is 276 g/mol. The van der Waals surface area contributed by atoms with E-state index in [-0.39, 0.29) is 0 Å². The molecule has 0 bridgehead atoms. The predicted molar refractivity (Wildman–Crippen MR) is 74.9 cm³/mol. The smallest absolute Gasteiger partial charge is 0.0617 e. The first-order valence-electron chi connectivity index (χ1n) is 5.61. The lowest BCUT2D eigenvalue weighted by Crippen LogP contribution is -2.16. The van der Waals surface area contributed by atoms with Gasteiger partial charge in [-0.3, -0.25) is 0 Å². The fraction of sp³-hybridized carbons (Fsp3) is 0.143. The van der Waals surface area contributed by atoms with E-state index in [1.807, 2.05) is 12.1 Å². The molecule has 0 saturated carbocycles. The highest BCUT2D eigenvalue weighted by atomic mass is 79.9. The van der Waals surface area contributed by atoms with E-state index in [2.05, 4.69) is 51.2 Å². The fourth-order valence-electron chi connectivity index (χ4n) is 2.29. The summed E-state index contributed by atoms with van der Waals surface area (Å²) in [6.45, 7) is 1.88. The molecule has 17 heavy (non-hydrogen) atoms. The summed E-state index contributed by atoms with van der Waals surface area (Å²) >= 11 is 3.50. The van der Waals surface area contributed by atoms with Crippen LogP contribution in [0.4, 0.5) is 11.4 Å². The predicted octanol–water partition coefficient (Wildman–Crippen LogP) is 3.55. The Hall–Kier alpha value is -1.48. The zero-order chi connectivity index (χ0) is 11.8. The average molecular weight is 289 g/mol. The van der Waals surface area contributed by atoms with E-state index in [0.717, 1.165) is 28.9 Å². The van der Waals surface area contributed by atoms with E-state index < -0.39 is 0 Å². The van der Waals surface area contributed by atoms with Crippen LogP contribution >= 0.6 is 15.9 Å². The number of halogens is 1. The molecule has 0 saturated heterocycles. The van der Waals surface area contributed by atoms with E-state index in [1.54, 1.807) is 0 Å². The SMILES string of the molecule is Nc1ccc(Br)cc1N1Cc2ccccc2C1. The van der Waals surface area contributed by atoms with Gasteiger partial charge in [0.1, 0.15) is 0 Å². The highest BCUT2D eigenvalue weighted by Gasteiger charge is 2.20. The largest absolute Gasteiger partial charge is 0.397 e. The van der Waals surface area contributed by atoms with Crippen LogP contribution in [0.1, 0.15) is 11.1 Å². The van der Waals surface area contributed by atoms with Gasteiger partial charge in [0.15, 0.2) is 0 Å². The molecule has 0 amide bonds. The Morgan fingerprint density at radius 3 is 2.29 bits per heavy atom. The molecule has 0 unspecified atom stereocenters. The van der Waals surface area contributed by atoms with Gasteiger partial charge in [-0.2, -0.15) is 0 Å². The summed E-state index contributed by atoms with van der Waals surface area (Å²) in [6, 6.07) is 14.6. The first-order chi connectivity index (χ1) is 8.24. The normalized spacial score (nSPS) is 13.8. The summed E-state index contributed by atoms with van der Waals surface area (Å²) in [5.41, 5.74) is 10.8. The van der Waals surface area contributed by atoms with Crippen molar-refractivity contribution in [3.63, 3.8) is 0 Å². The highest BCUT2D eigenvalue weighted by Crippen LogP contribution is 2.33. The van der Waals surface area contributed by atoms with Gasteiger partial charge in [-0.05, 0) is 29.3 Å². The van der Waals surface area contributed by atoms with Gasteiger partial charge in [-0.25, -0.2) is 0 Å². The third-order valence-electron chi connectivity index (χ3n) is 3.17. The minimum atomic E-state index is 0.834. The van der Waals surface area contributed by atoms with Gasteiger partial charge in [-0.15, -0.1) is 0 Å². The Morgan fingerprint density at radius 2 is 1.65 bits per heavy atom. The maximum absolute atomic E-state index is 6.04. The molecule has 0 spiro atoms. The zero-order valence-corrected chi connectivity index (χ0v) is 10.9. The van der Waals surface area contributed by atoms with Crippen molar-refractivity contribution in [2.45, 2.75) is 13.1 Å². The molecule has 1 aliphatic heterocycles. The minimum absolute atomic E-state index is 0.834. The van der Waals surface area contributed by atoms with Gasteiger partial charge in [0.05, 0.1) is 11.4 Å². The quantitative estimate of drug-likeness (QED) is 0.813. The maximum Gasteiger partial charge on any atom is 0.0617 e. The van der Waals surface area contributed by atoms with E-state index >= 15 is 0 Å². The minimum Gasteiger partial charge on any atom is -0.397 e. The van der Waals surface area contributed by atoms with Crippen LogP contribution in [0.25, 0.3) is 0 Å². The molecule has 86 valence electrons. The molecule has 3 heteroatoms. The molecule has 1 aliphatic rings. The summed E-state index contributed by atoms with van der Waals surface area (Å²) < 4.78 is 1.07. The van der Waals surface area contributed by atoms with Crippen LogP contribution in [0.3, 0.4) is 0 Å². The zero-order valence-electron chi connectivity index (χ0n) is 9.36. The number of rotatable bonds is 1. The second kappa shape index (κ2) is 4.08. The van der Waals surface area contributed by atoms with Gasteiger partial charge in [0.2, 0.25) is 0 Å². The molecule has 2 nitrogen and oxygen atoms in total. The lowest BCUT2D eigenvalue weighted by molar-refractivity contribution is 0.882. The third-order valence-corrected chi connectivity index (χ3v) is 3.67. The molecule has 1 heterocycles. The summed E-state index contributed by atoms with van der Waals surface area (Å²) in [5, 5.41) is 0. The van der Waals surface area contributed by atoms with E-state index in [0.29, 0.717) is 0 Å². The molecule has 0 fully saturated rings. The number of fused-ring (bicyclic) bond motifs is 1. The molecule has 0 atom stereocenters. The molecular formula is C14H13BrN2. The Balaban J connectivity index is 1.96. The summed E-state index contributed by atoms with van der Waals surface area (Å²) in [4.78, 5) is 2.31. The Bertz CT molecular complexity index is 541. The maximum atomic E-state index is 6.04. The third kappa shape index (κ3) is 1.91. The van der Waals surface area contributed by atoms with Crippen LogP contribution in [-0.2, 0) is 13.1 Å². The lowest BCUT2D eigenvalue weighted by Gasteiger charge is -2.20. The number of nitrogen functional groups attached to an aromatic ring is 1. The second-order valence-electron chi connectivity index (χ2n) is 4.33. The molecule has 0 radical (unpaired) electrons. The van der Waals surface area contributed by atoms with Crippen molar-refractivity contribution >= 4 is 27.3 Å². The second-order valence-corrected chi connectivity index (χ2v) is 5.24. The van der Waals surface area contributed by atoms with Crippen molar-refractivity contribution in [2.24, 2.45) is 0 Å². The Morgan fingerprint density at radius 1 is 1.00 bits per heavy atom. The van der Waals surface area contributed by atoms with Gasteiger partial charge >= 0.3 is 0 Å². The van der Waals surface area contributed by atoms with Crippen LogP contribution in [0.5, 0.6) is 0 Å². The molecule has 2 aromatic carbocycles. The van der Waals surface area contributed by atoms with E-state index in [1.165, 1.54) is 11.1 Å². The lowest BCUT2D eigenvalue weighted by atomic mass is 10.1. The first-order valence-corrected chi connectivity index (χ1v) is 6.40. The summed E-state index contributed by atoms with van der Waals surface area (Å²) in [5.74, 6) is 0. The van der Waals surface area contributed by atoms with Gasteiger partial charge in [0, 0.05) is 17.6 Å². The van der Waals surface area contributed by atoms with Crippen molar-refractivity contribution in [2.75, 3.05) is 10.6 Å². The number of nitrogens with zero attached hydrogens (tertiary/aromatic N) is 1. The summed E-state index contributed by atoms with van der Waals surface area (Å²) in [6.07, 6.45) is 0. The van der Waals surface area contributed by atoms with E-state index in [9.17, 15) is 0 Å². The van der Waals surface area contributed by atoms with E-state index in [4.69, 9.17) is 5.73 Å². The molecule has 2 aromatic rings. The molecule has 3 rings (SSSR count). The monoisotopic (exact) mass is 288 g/mol. The standard InChI is InChI=1S/C14H13BrN2/c15-12-5-6-13(16)14(7-12)17-8-10-3-1-2-4-11(10)9-17/h1-7H,8-9,16H2. The van der Waals surface area contributed by atoms with Gasteiger partial charge < -0.3 is 10.6 Å².